The van der Waals surface area contributed by atoms with Crippen molar-refractivity contribution < 1.29 is 36.3 Å². The highest BCUT2D eigenvalue weighted by molar-refractivity contribution is 7.92. The van der Waals surface area contributed by atoms with Crippen LogP contribution < -0.4 is 26.6 Å². The van der Waals surface area contributed by atoms with Gasteiger partial charge in [-0.3, -0.25) is 19.1 Å². The number of nitrogens with zero attached hydrogens (tertiary/aromatic N) is 2. The molecule has 3 N–H and O–H groups in total. The number of rotatable bonds is 13. The normalized spacial score (nSPS) is 13.4. The van der Waals surface area contributed by atoms with Crippen molar-refractivity contribution in [3.8, 4) is 5.69 Å². The van der Waals surface area contributed by atoms with E-state index in [1.54, 1.807) is 13.8 Å². The van der Waals surface area contributed by atoms with Crippen LogP contribution in [-0.2, 0) is 33.0 Å². The molecular formula is C35H35F2N5O8S. The highest BCUT2D eigenvalue weighted by Gasteiger charge is 2.28. The Morgan fingerprint density at radius 1 is 0.922 bits per heavy atom. The molecule has 1 saturated carbocycles. The fraction of sp³-hybridized carbons (Fsp3) is 0.286. The first-order valence-electron chi connectivity index (χ1n) is 15.9. The summed E-state index contributed by atoms with van der Waals surface area (Å²) in [6.07, 6.45) is 2.64. The second-order valence-corrected chi connectivity index (χ2v) is 14.0. The van der Waals surface area contributed by atoms with Crippen molar-refractivity contribution in [3.63, 3.8) is 0 Å². The van der Waals surface area contributed by atoms with Crippen LogP contribution in [0.5, 0.6) is 0 Å². The lowest BCUT2D eigenvalue weighted by Gasteiger charge is -2.20. The molecule has 0 unspecified atom stereocenters. The number of aromatic nitrogens is 2. The third-order valence-corrected chi connectivity index (χ3v) is 9.32. The van der Waals surface area contributed by atoms with Crippen LogP contribution in [0.3, 0.4) is 0 Å². The largest absolute Gasteiger partial charge is 0.461 e. The van der Waals surface area contributed by atoms with Gasteiger partial charge in [-0.1, -0.05) is 12.1 Å². The van der Waals surface area contributed by atoms with Gasteiger partial charge in [0.15, 0.2) is 0 Å². The van der Waals surface area contributed by atoms with Crippen molar-refractivity contribution in [3.05, 3.63) is 122 Å². The Bertz CT molecular complexity index is 2170. The fourth-order valence-corrected chi connectivity index (χ4v) is 6.11. The van der Waals surface area contributed by atoms with Gasteiger partial charge in [-0.25, -0.2) is 31.4 Å². The number of aryl methyl sites for hydroxylation is 1. The number of sulfonamides is 1. The minimum Gasteiger partial charge on any atom is -0.461 e. The molecule has 1 fully saturated rings. The number of nitrogens with one attached hydrogen (secondary N) is 3. The monoisotopic (exact) mass is 723 g/mol. The summed E-state index contributed by atoms with van der Waals surface area (Å²) < 4.78 is 65.9. The van der Waals surface area contributed by atoms with E-state index >= 15 is 8.78 Å². The number of halogens is 2. The number of ether oxygens (including phenoxy) is 1. The van der Waals surface area contributed by atoms with E-state index in [9.17, 15) is 32.4 Å². The molecule has 13 nitrogen and oxygen atoms in total. The van der Waals surface area contributed by atoms with Gasteiger partial charge in [-0.05, 0) is 86.7 Å². The second-order valence-electron chi connectivity index (χ2n) is 12.4. The summed E-state index contributed by atoms with van der Waals surface area (Å²) in [5.41, 5.74) is -1.79. The van der Waals surface area contributed by atoms with Gasteiger partial charge >= 0.3 is 11.7 Å². The van der Waals surface area contributed by atoms with Crippen molar-refractivity contribution in [2.75, 3.05) is 11.3 Å². The van der Waals surface area contributed by atoms with E-state index in [4.69, 9.17) is 4.74 Å². The van der Waals surface area contributed by atoms with Crippen molar-refractivity contribution >= 4 is 33.5 Å². The molecule has 4 aromatic rings. The molecule has 1 aromatic heterocycles. The highest BCUT2D eigenvalue weighted by Crippen LogP contribution is 2.28. The number of hydrogen-bond donors (Lipinski definition) is 3. The third-order valence-electron chi connectivity index (χ3n) is 7.93. The summed E-state index contributed by atoms with van der Waals surface area (Å²) in [6.45, 7) is 3.68. The minimum absolute atomic E-state index is 0.193. The molecule has 16 heteroatoms. The molecule has 0 saturated heterocycles. The number of anilines is 1. The van der Waals surface area contributed by atoms with Gasteiger partial charge in [0.25, 0.3) is 27.4 Å². The van der Waals surface area contributed by atoms with Gasteiger partial charge in [0.2, 0.25) is 0 Å². The number of amides is 2. The summed E-state index contributed by atoms with van der Waals surface area (Å²) in [5, 5.41) is 5.06. The topological polar surface area (TPSA) is 175 Å². The first kappa shape index (κ1) is 36.6. The van der Waals surface area contributed by atoms with E-state index in [1.807, 2.05) is 0 Å². The second kappa shape index (κ2) is 15.1. The van der Waals surface area contributed by atoms with Crippen LogP contribution in [0.15, 0.2) is 87.4 Å². The van der Waals surface area contributed by atoms with Gasteiger partial charge in [0.1, 0.15) is 23.2 Å². The van der Waals surface area contributed by atoms with Crippen LogP contribution >= 0.6 is 0 Å². The zero-order valence-electron chi connectivity index (χ0n) is 27.8. The molecule has 268 valence electrons. The molecule has 51 heavy (non-hydrogen) atoms. The summed E-state index contributed by atoms with van der Waals surface area (Å²) in [5.74, 6) is -4.93. The lowest BCUT2D eigenvalue weighted by molar-refractivity contribution is -0.149. The predicted octanol–water partition coefficient (Wildman–Crippen LogP) is 3.05. The van der Waals surface area contributed by atoms with Gasteiger partial charge in [0, 0.05) is 37.8 Å². The van der Waals surface area contributed by atoms with E-state index in [-0.39, 0.29) is 28.5 Å². The molecule has 5 rings (SSSR count). The molecule has 0 radical (unpaired) electrons. The molecule has 0 bridgehead atoms. The Morgan fingerprint density at radius 2 is 1.55 bits per heavy atom. The average Bonchev–Trinajstić information content (AvgIpc) is 3.90. The SMILES string of the molecule is CC(C)OC(=O)[C@H](Cc1ccc(-n2c(=O)ccn(C)c2=O)cc1)NC(=O)c1c(F)cc(NS(=O)(=O)c2ccc(C(=O)NCC3CC3)cc2)cc1F. The molecule has 1 aliphatic rings. The molecule has 3 aromatic carbocycles. The fourth-order valence-electron chi connectivity index (χ4n) is 5.07. The summed E-state index contributed by atoms with van der Waals surface area (Å²) in [4.78, 5) is 62.9. The number of carbonyl (C=O) groups is 3. The van der Waals surface area contributed by atoms with Crippen molar-refractivity contribution in [2.45, 2.75) is 50.2 Å². The smallest absolute Gasteiger partial charge is 0.335 e. The van der Waals surface area contributed by atoms with Crippen LogP contribution in [0.4, 0.5) is 14.5 Å². The van der Waals surface area contributed by atoms with E-state index in [0.29, 0.717) is 30.2 Å². The molecule has 1 heterocycles. The molecule has 0 aliphatic heterocycles. The molecule has 1 aliphatic carbocycles. The maximum atomic E-state index is 15.3. The molecule has 0 spiro atoms. The summed E-state index contributed by atoms with van der Waals surface area (Å²) in [7, 11) is -2.87. The van der Waals surface area contributed by atoms with E-state index in [0.717, 1.165) is 17.4 Å². The first-order chi connectivity index (χ1) is 24.1. The lowest BCUT2D eigenvalue weighted by Crippen LogP contribution is -2.44. The Morgan fingerprint density at radius 3 is 2.14 bits per heavy atom. The predicted molar refractivity (Wildman–Crippen MR) is 182 cm³/mol. The van der Waals surface area contributed by atoms with Gasteiger partial charge < -0.3 is 19.9 Å². The lowest BCUT2D eigenvalue weighted by atomic mass is 10.0. The van der Waals surface area contributed by atoms with E-state index in [1.165, 1.54) is 72.4 Å². The summed E-state index contributed by atoms with van der Waals surface area (Å²) >= 11 is 0. The quantitative estimate of drug-likeness (QED) is 0.177. The van der Waals surface area contributed by atoms with Crippen LogP contribution in [-0.4, -0.2) is 54.0 Å². The van der Waals surface area contributed by atoms with Crippen LogP contribution in [0, 0.1) is 17.6 Å². The number of carbonyl (C=O) groups excluding carboxylic acids is 3. The molecule has 1 atom stereocenters. The third kappa shape index (κ3) is 8.94. The molecule has 2 amide bonds. The number of hydrogen-bond acceptors (Lipinski definition) is 8. The maximum absolute atomic E-state index is 15.3. The van der Waals surface area contributed by atoms with Crippen molar-refractivity contribution in [2.24, 2.45) is 13.0 Å². The van der Waals surface area contributed by atoms with Crippen molar-refractivity contribution in [1.82, 2.24) is 19.8 Å². The number of benzene rings is 3. The van der Waals surface area contributed by atoms with E-state index < -0.39 is 68.2 Å². The molecular weight excluding hydrogens is 688 g/mol. The Hall–Kier alpha value is -5.64. The Labute approximate surface area is 291 Å². The van der Waals surface area contributed by atoms with Crippen LogP contribution in [0.25, 0.3) is 5.69 Å². The first-order valence-corrected chi connectivity index (χ1v) is 17.4. The van der Waals surface area contributed by atoms with Crippen molar-refractivity contribution in [1.29, 1.82) is 0 Å². The van der Waals surface area contributed by atoms with Gasteiger partial charge in [0.05, 0.1) is 22.4 Å². The Kier molecular flexibility index (Phi) is 10.8. The van der Waals surface area contributed by atoms with E-state index in [2.05, 4.69) is 15.4 Å². The van der Waals surface area contributed by atoms with Gasteiger partial charge in [-0.2, -0.15) is 0 Å². The van der Waals surface area contributed by atoms with Crippen LogP contribution in [0.2, 0.25) is 0 Å². The Balaban J connectivity index is 1.30. The minimum atomic E-state index is -4.36. The highest BCUT2D eigenvalue weighted by atomic mass is 32.2. The zero-order chi connectivity index (χ0) is 37.0. The standard InChI is InChI=1S/C35H35F2N5O8S/c1-20(2)50-34(46)29(16-21-6-10-25(11-7-21)42-30(43)14-15-41(3)35(42)47)39-33(45)31-27(36)17-24(18-28(31)37)40-51(48,49)26-12-8-23(9-13-26)32(44)38-19-22-4-5-22/h6-15,17-18,20,22,29,40H,4-5,16,19H2,1-3H3,(H,38,44)(H,39,45)/t29-/m0/s1. The number of esters is 1. The summed E-state index contributed by atoms with van der Waals surface area (Å²) in [6, 6.07) is 12.0. The maximum Gasteiger partial charge on any atom is 0.335 e. The average molecular weight is 724 g/mol. The zero-order valence-corrected chi connectivity index (χ0v) is 28.6. The van der Waals surface area contributed by atoms with Gasteiger partial charge in [-0.15, -0.1) is 0 Å². The van der Waals surface area contributed by atoms with Crippen LogP contribution in [0.1, 0.15) is 53.0 Å².